The van der Waals surface area contributed by atoms with E-state index in [2.05, 4.69) is 76.2 Å². The molecular formula is C31H33N5O2S. The SMILES string of the molecule is COc1ccccc1NC(=O)CCN1C(=S)N[C@H](c2ccccn2)[C@H]1c1cc(C)n(-c2ccccc2C)c1C. The molecule has 0 unspecified atom stereocenters. The van der Waals surface area contributed by atoms with Crippen molar-refractivity contribution >= 4 is 28.9 Å². The first-order valence-electron chi connectivity index (χ1n) is 13.0. The quantitative estimate of drug-likeness (QED) is 0.276. The molecule has 200 valence electrons. The second kappa shape index (κ2) is 11.3. The smallest absolute Gasteiger partial charge is 0.226 e. The van der Waals surface area contributed by atoms with E-state index in [1.54, 1.807) is 13.3 Å². The first-order valence-corrected chi connectivity index (χ1v) is 13.5. The van der Waals surface area contributed by atoms with E-state index < -0.39 is 0 Å². The summed E-state index contributed by atoms with van der Waals surface area (Å²) in [4.78, 5) is 19.8. The molecular weight excluding hydrogens is 506 g/mol. The molecule has 1 saturated heterocycles. The van der Waals surface area contributed by atoms with E-state index in [9.17, 15) is 4.79 Å². The third kappa shape index (κ3) is 5.25. The Balaban J connectivity index is 1.47. The Morgan fingerprint density at radius 1 is 1.05 bits per heavy atom. The summed E-state index contributed by atoms with van der Waals surface area (Å²) < 4.78 is 7.69. The van der Waals surface area contributed by atoms with Crippen LogP contribution in [0.3, 0.4) is 0 Å². The summed E-state index contributed by atoms with van der Waals surface area (Å²) >= 11 is 5.84. The lowest BCUT2D eigenvalue weighted by molar-refractivity contribution is -0.116. The molecule has 0 spiro atoms. The van der Waals surface area contributed by atoms with Crippen molar-refractivity contribution in [3.8, 4) is 11.4 Å². The minimum atomic E-state index is -0.151. The van der Waals surface area contributed by atoms with Gasteiger partial charge in [0.05, 0.1) is 30.6 Å². The van der Waals surface area contributed by atoms with Gasteiger partial charge in [0, 0.05) is 36.2 Å². The summed E-state index contributed by atoms with van der Waals surface area (Å²) in [6.45, 7) is 6.86. The minimum absolute atomic E-state index is 0.104. The largest absolute Gasteiger partial charge is 0.495 e. The number of pyridine rings is 1. The lowest BCUT2D eigenvalue weighted by atomic mass is 9.96. The van der Waals surface area contributed by atoms with Gasteiger partial charge in [0.2, 0.25) is 5.91 Å². The van der Waals surface area contributed by atoms with E-state index in [0.717, 1.165) is 28.3 Å². The number of rotatable bonds is 8. The summed E-state index contributed by atoms with van der Waals surface area (Å²) in [7, 11) is 1.59. The van der Waals surface area contributed by atoms with Crippen LogP contribution < -0.4 is 15.4 Å². The normalized spacial score (nSPS) is 16.7. The van der Waals surface area contributed by atoms with E-state index in [4.69, 9.17) is 17.0 Å². The average Bonchev–Trinajstić information content (AvgIpc) is 3.42. The van der Waals surface area contributed by atoms with Gasteiger partial charge in [-0.1, -0.05) is 36.4 Å². The van der Waals surface area contributed by atoms with Gasteiger partial charge in [0.15, 0.2) is 5.11 Å². The molecule has 2 atom stereocenters. The van der Waals surface area contributed by atoms with Crippen molar-refractivity contribution in [2.24, 2.45) is 0 Å². The highest BCUT2D eigenvalue weighted by atomic mass is 32.1. The summed E-state index contributed by atoms with van der Waals surface area (Å²) in [5, 5.41) is 7.09. The molecule has 5 rings (SSSR count). The molecule has 2 N–H and O–H groups in total. The monoisotopic (exact) mass is 539 g/mol. The number of aryl methyl sites for hydroxylation is 2. The predicted molar refractivity (Wildman–Crippen MR) is 158 cm³/mol. The molecule has 0 aliphatic carbocycles. The van der Waals surface area contributed by atoms with Crippen molar-refractivity contribution in [1.82, 2.24) is 19.8 Å². The Labute approximate surface area is 234 Å². The minimum Gasteiger partial charge on any atom is -0.495 e. The average molecular weight is 540 g/mol. The fourth-order valence-electron chi connectivity index (χ4n) is 5.44. The lowest BCUT2D eigenvalue weighted by Gasteiger charge is -2.28. The van der Waals surface area contributed by atoms with E-state index in [-0.39, 0.29) is 24.4 Å². The maximum Gasteiger partial charge on any atom is 0.226 e. The maximum absolute atomic E-state index is 13.0. The van der Waals surface area contributed by atoms with Crippen LogP contribution in [-0.4, -0.2) is 39.1 Å². The van der Waals surface area contributed by atoms with Crippen molar-refractivity contribution in [1.29, 1.82) is 0 Å². The Bertz CT molecular complexity index is 1500. The van der Waals surface area contributed by atoms with Crippen LogP contribution in [0.5, 0.6) is 5.75 Å². The molecule has 1 amide bonds. The fourth-order valence-corrected chi connectivity index (χ4v) is 5.77. The number of carbonyl (C=O) groups excluding carboxylic acids is 1. The van der Waals surface area contributed by atoms with Crippen LogP contribution >= 0.6 is 12.2 Å². The Kier molecular flexibility index (Phi) is 7.65. The number of nitrogens with one attached hydrogen (secondary N) is 2. The van der Waals surface area contributed by atoms with Crippen LogP contribution in [0.1, 0.15) is 46.7 Å². The fraction of sp³-hybridized carbons (Fsp3) is 0.258. The lowest BCUT2D eigenvalue weighted by Crippen LogP contribution is -2.33. The zero-order chi connectivity index (χ0) is 27.5. The molecule has 1 fully saturated rings. The molecule has 2 aromatic heterocycles. The van der Waals surface area contributed by atoms with Crippen LogP contribution in [0, 0.1) is 20.8 Å². The van der Waals surface area contributed by atoms with E-state index in [1.165, 1.54) is 5.56 Å². The van der Waals surface area contributed by atoms with E-state index in [0.29, 0.717) is 23.1 Å². The van der Waals surface area contributed by atoms with Crippen LogP contribution in [0.2, 0.25) is 0 Å². The number of nitrogens with zero attached hydrogens (tertiary/aromatic N) is 3. The van der Waals surface area contributed by atoms with E-state index >= 15 is 0 Å². The van der Waals surface area contributed by atoms with Gasteiger partial charge in [0.1, 0.15) is 5.75 Å². The number of aromatic nitrogens is 2. The molecule has 1 aliphatic rings. The summed E-state index contributed by atoms with van der Waals surface area (Å²) in [6, 6.07) is 23.7. The van der Waals surface area contributed by atoms with Crippen molar-refractivity contribution in [3.63, 3.8) is 0 Å². The molecule has 3 heterocycles. The third-order valence-electron chi connectivity index (χ3n) is 7.30. The number of ether oxygens (including phenoxy) is 1. The number of thiocarbonyl (C=S) groups is 1. The van der Waals surface area contributed by atoms with Crippen molar-refractivity contribution in [2.75, 3.05) is 19.0 Å². The number of hydrogen-bond acceptors (Lipinski definition) is 4. The molecule has 7 nitrogen and oxygen atoms in total. The molecule has 39 heavy (non-hydrogen) atoms. The number of para-hydroxylation sites is 3. The molecule has 4 aromatic rings. The maximum atomic E-state index is 13.0. The van der Waals surface area contributed by atoms with Gasteiger partial charge in [-0.3, -0.25) is 9.78 Å². The Hall–Kier alpha value is -4.17. The van der Waals surface area contributed by atoms with E-state index in [1.807, 2.05) is 42.5 Å². The summed E-state index contributed by atoms with van der Waals surface area (Å²) in [5.41, 5.74) is 7.36. The third-order valence-corrected chi connectivity index (χ3v) is 7.66. The molecule has 1 aliphatic heterocycles. The molecule has 0 radical (unpaired) electrons. The molecule has 0 bridgehead atoms. The Morgan fingerprint density at radius 2 is 1.79 bits per heavy atom. The van der Waals surface area contributed by atoms with Gasteiger partial charge in [-0.2, -0.15) is 0 Å². The van der Waals surface area contributed by atoms with Crippen LogP contribution in [0.25, 0.3) is 5.69 Å². The van der Waals surface area contributed by atoms with Crippen LogP contribution in [-0.2, 0) is 4.79 Å². The number of amides is 1. The zero-order valence-electron chi connectivity index (χ0n) is 22.6. The van der Waals surface area contributed by atoms with Gasteiger partial charge >= 0.3 is 0 Å². The second-order valence-electron chi connectivity index (χ2n) is 9.77. The second-order valence-corrected chi connectivity index (χ2v) is 10.2. The van der Waals surface area contributed by atoms with Crippen LogP contribution in [0.15, 0.2) is 79.0 Å². The van der Waals surface area contributed by atoms with Gasteiger partial charge in [-0.05, 0) is 80.5 Å². The van der Waals surface area contributed by atoms with Gasteiger partial charge in [-0.25, -0.2) is 0 Å². The highest BCUT2D eigenvalue weighted by molar-refractivity contribution is 7.80. The van der Waals surface area contributed by atoms with Crippen molar-refractivity contribution in [2.45, 2.75) is 39.3 Å². The first kappa shape index (κ1) is 26.4. The number of anilines is 1. The Morgan fingerprint density at radius 3 is 2.54 bits per heavy atom. The van der Waals surface area contributed by atoms with Gasteiger partial charge < -0.3 is 24.8 Å². The van der Waals surface area contributed by atoms with Crippen molar-refractivity contribution in [3.05, 3.63) is 107 Å². The number of benzene rings is 2. The topological polar surface area (TPSA) is 71.4 Å². The molecule has 2 aromatic carbocycles. The summed E-state index contributed by atoms with van der Waals surface area (Å²) in [6.07, 6.45) is 2.07. The number of methoxy groups -OCH3 is 1. The molecule has 0 saturated carbocycles. The predicted octanol–water partition coefficient (Wildman–Crippen LogP) is 5.81. The van der Waals surface area contributed by atoms with Crippen molar-refractivity contribution < 1.29 is 9.53 Å². The number of hydrogen-bond donors (Lipinski definition) is 2. The highest BCUT2D eigenvalue weighted by Crippen LogP contribution is 2.41. The van der Waals surface area contributed by atoms with Gasteiger partial charge in [-0.15, -0.1) is 0 Å². The number of carbonyl (C=O) groups is 1. The first-order chi connectivity index (χ1) is 18.9. The summed E-state index contributed by atoms with van der Waals surface area (Å²) in [5.74, 6) is 0.522. The standard InChI is InChI=1S/C31H33N5O2S/c1-20-11-5-7-14-26(20)36-21(2)19-23(22(36)3)30-29(25-13-9-10-17-32-25)34-31(39)35(30)18-16-28(37)33-24-12-6-8-15-27(24)38-4/h5-15,17,19,29-30H,16,18H2,1-4H3,(H,33,37)(H,34,39)/t29-,30-/m1/s1. The zero-order valence-corrected chi connectivity index (χ0v) is 23.5. The highest BCUT2D eigenvalue weighted by Gasteiger charge is 2.41. The van der Waals surface area contributed by atoms with Crippen LogP contribution in [0.4, 0.5) is 5.69 Å². The molecule has 8 heteroatoms. The van der Waals surface area contributed by atoms with Gasteiger partial charge in [0.25, 0.3) is 0 Å².